The molecule has 1 N–H and O–H groups in total. The molecule has 0 aliphatic heterocycles. The Morgan fingerprint density at radius 3 is 2.93 bits per heavy atom. The molecule has 2 rings (SSSR count). The molecule has 1 aromatic carbocycles. The van der Waals surface area contributed by atoms with Gasteiger partial charge in [-0.25, -0.2) is 4.79 Å². The molecule has 0 aliphatic carbocycles. The maximum Gasteiger partial charge on any atom is 0.335 e. The molecule has 2 aromatic rings. The van der Waals surface area contributed by atoms with Gasteiger partial charge in [0.15, 0.2) is 0 Å². The zero-order valence-corrected chi connectivity index (χ0v) is 8.95. The van der Waals surface area contributed by atoms with Gasteiger partial charge in [0.2, 0.25) is 0 Å². The summed E-state index contributed by atoms with van der Waals surface area (Å²) < 4.78 is 2.37. The van der Waals surface area contributed by atoms with Gasteiger partial charge in [-0.05, 0) is 34.1 Å². The van der Waals surface area contributed by atoms with Crippen molar-refractivity contribution in [3.8, 4) is 0 Å². The minimum absolute atomic E-state index is 0.271. The lowest BCUT2D eigenvalue weighted by molar-refractivity contribution is 0.0697. The number of nitrogens with zero attached hydrogens (tertiary/aromatic N) is 2. The first-order valence-electron chi connectivity index (χ1n) is 3.95. The van der Waals surface area contributed by atoms with Gasteiger partial charge in [-0.1, -0.05) is 0 Å². The molecule has 0 atom stereocenters. The highest BCUT2D eigenvalue weighted by atomic mass is 79.9. The molecular weight excluding hydrogens is 248 g/mol. The van der Waals surface area contributed by atoms with Gasteiger partial charge in [-0.15, -0.1) is 0 Å². The maximum absolute atomic E-state index is 10.7. The van der Waals surface area contributed by atoms with E-state index in [0.717, 1.165) is 15.5 Å². The van der Waals surface area contributed by atoms with Gasteiger partial charge in [-0.3, -0.25) is 4.68 Å². The molecule has 72 valence electrons. The molecule has 0 radical (unpaired) electrons. The second-order valence-electron chi connectivity index (χ2n) is 2.95. The molecule has 5 heteroatoms. The highest BCUT2D eigenvalue weighted by molar-refractivity contribution is 9.10. The van der Waals surface area contributed by atoms with Gasteiger partial charge in [0.05, 0.1) is 11.1 Å². The van der Waals surface area contributed by atoms with Crippen molar-refractivity contribution in [2.45, 2.75) is 0 Å². The average molecular weight is 255 g/mol. The zero-order valence-electron chi connectivity index (χ0n) is 7.36. The Bertz CT molecular complexity index is 519. The number of fused-ring (bicyclic) bond motifs is 1. The lowest BCUT2D eigenvalue weighted by Crippen LogP contribution is -1.96. The first-order valence-corrected chi connectivity index (χ1v) is 4.74. The molecule has 0 saturated carbocycles. The fraction of sp³-hybridized carbons (Fsp3) is 0.111. The van der Waals surface area contributed by atoms with Crippen LogP contribution < -0.4 is 0 Å². The molecule has 1 heterocycles. The predicted octanol–water partition coefficient (Wildman–Crippen LogP) is 2.03. The summed E-state index contributed by atoms with van der Waals surface area (Å²) in [7, 11) is 1.78. The van der Waals surface area contributed by atoms with E-state index in [0.29, 0.717) is 0 Å². The highest BCUT2D eigenvalue weighted by Gasteiger charge is 2.09. The number of carboxylic acid groups (broad SMARTS) is 1. The van der Waals surface area contributed by atoms with Crippen LogP contribution in [0.3, 0.4) is 0 Å². The van der Waals surface area contributed by atoms with Crippen molar-refractivity contribution >= 4 is 32.8 Å². The first kappa shape index (κ1) is 9.21. The van der Waals surface area contributed by atoms with Crippen molar-refractivity contribution in [3.63, 3.8) is 0 Å². The van der Waals surface area contributed by atoms with E-state index in [4.69, 9.17) is 5.11 Å². The summed E-state index contributed by atoms with van der Waals surface area (Å²) >= 11 is 3.30. The molecule has 0 fully saturated rings. The molecule has 14 heavy (non-hydrogen) atoms. The standard InChI is InChI=1S/C9H7BrN2O2/c1-12-7-4-5(9(13)14)2-3-6(7)8(10)11-12/h2-4H,1H3,(H,13,14). The molecule has 0 aliphatic rings. The van der Waals surface area contributed by atoms with E-state index in [2.05, 4.69) is 21.0 Å². The minimum atomic E-state index is -0.927. The maximum atomic E-state index is 10.7. The van der Waals surface area contributed by atoms with Gasteiger partial charge in [0.25, 0.3) is 0 Å². The van der Waals surface area contributed by atoms with Crippen LogP contribution in [0.25, 0.3) is 10.9 Å². The van der Waals surface area contributed by atoms with Crippen molar-refractivity contribution in [1.82, 2.24) is 9.78 Å². The third kappa shape index (κ3) is 1.29. The quantitative estimate of drug-likeness (QED) is 0.848. The zero-order chi connectivity index (χ0) is 10.3. The van der Waals surface area contributed by atoms with Gasteiger partial charge < -0.3 is 5.11 Å². The van der Waals surface area contributed by atoms with E-state index in [-0.39, 0.29) is 5.56 Å². The van der Waals surface area contributed by atoms with Crippen LogP contribution in [0.2, 0.25) is 0 Å². The summed E-state index contributed by atoms with van der Waals surface area (Å²) in [5.41, 5.74) is 1.07. The van der Waals surface area contributed by atoms with Crippen LogP contribution in [0.15, 0.2) is 22.8 Å². The van der Waals surface area contributed by atoms with Gasteiger partial charge in [-0.2, -0.15) is 5.10 Å². The molecule has 0 saturated heterocycles. The van der Waals surface area contributed by atoms with Gasteiger partial charge in [0, 0.05) is 12.4 Å². The molecule has 0 amide bonds. The predicted molar refractivity (Wildman–Crippen MR) is 55.4 cm³/mol. The van der Waals surface area contributed by atoms with Crippen LogP contribution in [0.5, 0.6) is 0 Å². The number of benzene rings is 1. The normalized spacial score (nSPS) is 10.7. The van der Waals surface area contributed by atoms with Crippen LogP contribution >= 0.6 is 15.9 Å². The monoisotopic (exact) mass is 254 g/mol. The summed E-state index contributed by atoms with van der Waals surface area (Å²) in [6.07, 6.45) is 0. The Kier molecular flexibility index (Phi) is 2.03. The largest absolute Gasteiger partial charge is 0.478 e. The van der Waals surface area contributed by atoms with Crippen LogP contribution in [-0.4, -0.2) is 20.9 Å². The van der Waals surface area contributed by atoms with E-state index < -0.39 is 5.97 Å². The first-order chi connectivity index (χ1) is 6.59. The number of halogens is 1. The summed E-state index contributed by atoms with van der Waals surface area (Å²) in [4.78, 5) is 10.7. The fourth-order valence-corrected chi connectivity index (χ4v) is 1.92. The van der Waals surface area contributed by atoms with Crippen LogP contribution in [0.1, 0.15) is 10.4 Å². The molecule has 4 nitrogen and oxygen atoms in total. The van der Waals surface area contributed by atoms with Crippen molar-refractivity contribution in [3.05, 3.63) is 28.4 Å². The van der Waals surface area contributed by atoms with E-state index >= 15 is 0 Å². The number of aromatic carboxylic acids is 1. The van der Waals surface area contributed by atoms with E-state index in [9.17, 15) is 4.79 Å². The van der Waals surface area contributed by atoms with Gasteiger partial charge in [0.1, 0.15) is 4.60 Å². The third-order valence-corrected chi connectivity index (χ3v) is 2.64. The van der Waals surface area contributed by atoms with Crippen molar-refractivity contribution in [1.29, 1.82) is 0 Å². The number of rotatable bonds is 1. The Balaban J connectivity index is 2.77. The highest BCUT2D eigenvalue weighted by Crippen LogP contribution is 2.23. The summed E-state index contributed by atoms with van der Waals surface area (Å²) in [5, 5.41) is 13.8. The second-order valence-corrected chi connectivity index (χ2v) is 3.70. The third-order valence-electron chi connectivity index (χ3n) is 2.05. The smallest absolute Gasteiger partial charge is 0.335 e. The van der Waals surface area contributed by atoms with E-state index in [1.165, 1.54) is 0 Å². The van der Waals surface area contributed by atoms with Crippen molar-refractivity contribution in [2.75, 3.05) is 0 Å². The number of aryl methyl sites for hydroxylation is 1. The molecule has 0 unspecified atom stereocenters. The van der Waals surface area contributed by atoms with E-state index in [1.807, 2.05) is 0 Å². The number of aromatic nitrogens is 2. The average Bonchev–Trinajstić information content (AvgIpc) is 2.42. The second kappa shape index (κ2) is 3.09. The summed E-state index contributed by atoms with van der Waals surface area (Å²) in [6, 6.07) is 4.92. The Hall–Kier alpha value is -1.36. The van der Waals surface area contributed by atoms with Crippen LogP contribution in [0.4, 0.5) is 0 Å². The SMILES string of the molecule is Cn1nc(Br)c2ccc(C(=O)O)cc21. The van der Waals surface area contributed by atoms with Crippen molar-refractivity contribution in [2.24, 2.45) is 7.05 Å². The Labute approximate surface area is 88.3 Å². The van der Waals surface area contributed by atoms with Crippen LogP contribution in [0, 0.1) is 0 Å². The lowest BCUT2D eigenvalue weighted by Gasteiger charge is -1.96. The fourth-order valence-electron chi connectivity index (χ4n) is 1.35. The molecule has 1 aromatic heterocycles. The summed E-state index contributed by atoms with van der Waals surface area (Å²) in [6.45, 7) is 0. The Morgan fingerprint density at radius 1 is 1.57 bits per heavy atom. The minimum Gasteiger partial charge on any atom is -0.478 e. The van der Waals surface area contributed by atoms with Crippen molar-refractivity contribution < 1.29 is 9.90 Å². The summed E-state index contributed by atoms with van der Waals surface area (Å²) in [5.74, 6) is -0.927. The topological polar surface area (TPSA) is 55.1 Å². The molecular formula is C9H7BrN2O2. The number of carbonyl (C=O) groups is 1. The van der Waals surface area contributed by atoms with Gasteiger partial charge >= 0.3 is 5.97 Å². The van der Waals surface area contributed by atoms with E-state index in [1.54, 1.807) is 29.9 Å². The Morgan fingerprint density at radius 2 is 2.29 bits per heavy atom. The number of hydrogen-bond donors (Lipinski definition) is 1. The molecule has 0 spiro atoms. The molecule has 0 bridgehead atoms. The number of carboxylic acids is 1. The lowest BCUT2D eigenvalue weighted by atomic mass is 10.2. The van der Waals surface area contributed by atoms with Crippen LogP contribution in [-0.2, 0) is 7.05 Å². The number of hydrogen-bond acceptors (Lipinski definition) is 2.